The van der Waals surface area contributed by atoms with Crippen molar-refractivity contribution < 1.29 is 33.8 Å². The molecule has 0 saturated heterocycles. The van der Waals surface area contributed by atoms with Gasteiger partial charge >= 0.3 is 17.7 Å². The topological polar surface area (TPSA) is 137 Å². The first kappa shape index (κ1) is 20.5. The van der Waals surface area contributed by atoms with Gasteiger partial charge in [-0.25, -0.2) is 9.59 Å². The predicted molar refractivity (Wildman–Crippen MR) is 96.9 cm³/mol. The molecule has 2 rings (SSSR count). The van der Waals surface area contributed by atoms with E-state index in [2.05, 4.69) is 5.32 Å². The van der Waals surface area contributed by atoms with Gasteiger partial charge in [0.2, 0.25) is 5.75 Å². The fourth-order valence-corrected chi connectivity index (χ4v) is 2.40. The number of hydrogen-bond acceptors (Lipinski definition) is 7. The summed E-state index contributed by atoms with van der Waals surface area (Å²) in [5.41, 5.74) is 0.148. The monoisotopic (exact) mass is 390 g/mol. The zero-order chi connectivity index (χ0) is 20.7. The molecule has 10 nitrogen and oxygen atoms in total. The van der Waals surface area contributed by atoms with Crippen LogP contribution in [0, 0.1) is 10.1 Å². The van der Waals surface area contributed by atoms with Crippen molar-refractivity contribution in [2.24, 2.45) is 0 Å². The van der Waals surface area contributed by atoms with E-state index in [9.17, 15) is 24.8 Å². The van der Waals surface area contributed by atoms with Crippen LogP contribution in [0.2, 0.25) is 0 Å². The normalized spacial score (nSPS) is 11.2. The Balaban J connectivity index is 2.20. The maximum absolute atomic E-state index is 12.2. The van der Waals surface area contributed by atoms with Gasteiger partial charge in [0.15, 0.2) is 11.5 Å². The first-order valence-electron chi connectivity index (χ1n) is 8.01. The fourth-order valence-electron chi connectivity index (χ4n) is 2.40. The standard InChI is InChI=1S/C18H18N2O8/c1-26-15-9-13(20(24)25)14(10-16(15)27-2)28-18(23)19-12(17(21)22)8-11-6-4-3-5-7-11/h3-7,9-10,12H,8H2,1-2H3,(H,19,23)(H,21,22)/t12-/m1/s1. The van der Waals surface area contributed by atoms with Crippen LogP contribution < -0.4 is 19.5 Å². The van der Waals surface area contributed by atoms with Gasteiger partial charge in [-0.1, -0.05) is 30.3 Å². The lowest BCUT2D eigenvalue weighted by Gasteiger charge is -2.15. The number of hydrogen-bond donors (Lipinski definition) is 2. The SMILES string of the molecule is COc1cc(OC(=O)N[C@H](Cc2ccccc2)C(=O)O)c([N+](=O)[O-])cc1OC. The number of nitro groups is 1. The van der Waals surface area contributed by atoms with Crippen molar-refractivity contribution in [1.29, 1.82) is 0 Å². The number of aliphatic carboxylic acids is 1. The molecule has 0 heterocycles. The van der Waals surface area contributed by atoms with Gasteiger partial charge in [0.1, 0.15) is 6.04 Å². The molecule has 0 aliphatic carbocycles. The summed E-state index contributed by atoms with van der Waals surface area (Å²) in [7, 11) is 2.61. The van der Waals surface area contributed by atoms with Crippen LogP contribution in [-0.4, -0.2) is 42.4 Å². The van der Waals surface area contributed by atoms with Crippen molar-refractivity contribution >= 4 is 17.7 Å². The number of carboxylic acids is 1. The van der Waals surface area contributed by atoms with E-state index >= 15 is 0 Å². The van der Waals surface area contributed by atoms with Crippen LogP contribution in [0.15, 0.2) is 42.5 Å². The number of ether oxygens (including phenoxy) is 3. The van der Waals surface area contributed by atoms with E-state index in [1.54, 1.807) is 30.3 Å². The second kappa shape index (κ2) is 9.21. The third-order valence-electron chi connectivity index (χ3n) is 3.74. The molecule has 0 aliphatic heterocycles. The quantitative estimate of drug-likeness (QED) is 0.518. The Kier molecular flexibility index (Phi) is 6.74. The highest BCUT2D eigenvalue weighted by Gasteiger charge is 2.26. The summed E-state index contributed by atoms with van der Waals surface area (Å²) < 4.78 is 15.0. The van der Waals surface area contributed by atoms with Crippen LogP contribution in [0.4, 0.5) is 10.5 Å². The number of nitrogens with zero attached hydrogens (tertiary/aromatic N) is 1. The van der Waals surface area contributed by atoms with Gasteiger partial charge in [0.25, 0.3) is 0 Å². The Morgan fingerprint density at radius 1 is 1.11 bits per heavy atom. The molecule has 0 bridgehead atoms. The third kappa shape index (κ3) is 5.10. The van der Waals surface area contributed by atoms with E-state index in [-0.39, 0.29) is 17.9 Å². The smallest absolute Gasteiger partial charge is 0.413 e. The molecule has 0 saturated carbocycles. The minimum Gasteiger partial charge on any atom is -0.493 e. The zero-order valence-corrected chi connectivity index (χ0v) is 15.1. The van der Waals surface area contributed by atoms with Gasteiger partial charge in [0.05, 0.1) is 25.2 Å². The van der Waals surface area contributed by atoms with Crippen molar-refractivity contribution in [2.75, 3.05) is 14.2 Å². The summed E-state index contributed by atoms with van der Waals surface area (Å²) in [4.78, 5) is 34.1. The average Bonchev–Trinajstić information content (AvgIpc) is 2.67. The summed E-state index contributed by atoms with van der Waals surface area (Å²) in [6.45, 7) is 0. The second-order valence-electron chi connectivity index (χ2n) is 5.55. The lowest BCUT2D eigenvalue weighted by Crippen LogP contribution is -2.43. The number of carboxylic acid groups (broad SMARTS) is 1. The van der Waals surface area contributed by atoms with Crippen molar-refractivity contribution in [3.05, 3.63) is 58.1 Å². The Labute approximate surface area is 159 Å². The van der Waals surface area contributed by atoms with Crippen LogP contribution in [0.25, 0.3) is 0 Å². The molecular weight excluding hydrogens is 372 g/mol. The van der Waals surface area contributed by atoms with Crippen molar-refractivity contribution in [2.45, 2.75) is 12.5 Å². The number of amides is 1. The molecule has 10 heteroatoms. The molecule has 1 amide bonds. The van der Waals surface area contributed by atoms with Gasteiger partial charge in [-0.05, 0) is 5.56 Å². The molecule has 0 unspecified atom stereocenters. The predicted octanol–water partition coefficient (Wildman–Crippen LogP) is 2.40. The Hall–Kier alpha value is -3.82. The van der Waals surface area contributed by atoms with Gasteiger partial charge < -0.3 is 24.6 Å². The van der Waals surface area contributed by atoms with Crippen LogP contribution in [0.3, 0.4) is 0 Å². The first-order valence-corrected chi connectivity index (χ1v) is 8.01. The lowest BCUT2D eigenvalue weighted by molar-refractivity contribution is -0.385. The summed E-state index contributed by atoms with van der Waals surface area (Å²) in [6.07, 6.45) is -1.14. The zero-order valence-electron chi connectivity index (χ0n) is 15.1. The maximum Gasteiger partial charge on any atom is 0.413 e. The number of carbonyl (C=O) groups excluding carboxylic acids is 1. The molecule has 2 N–H and O–H groups in total. The van der Waals surface area contributed by atoms with E-state index in [0.29, 0.717) is 5.56 Å². The first-order chi connectivity index (χ1) is 13.3. The van der Waals surface area contributed by atoms with E-state index in [0.717, 1.165) is 12.1 Å². The van der Waals surface area contributed by atoms with E-state index in [1.807, 2.05) is 0 Å². The largest absolute Gasteiger partial charge is 0.493 e. The highest BCUT2D eigenvalue weighted by molar-refractivity contribution is 5.81. The van der Waals surface area contributed by atoms with Crippen molar-refractivity contribution in [1.82, 2.24) is 5.32 Å². The van der Waals surface area contributed by atoms with Gasteiger partial charge in [-0.2, -0.15) is 0 Å². The van der Waals surface area contributed by atoms with Crippen LogP contribution in [0.1, 0.15) is 5.56 Å². The van der Waals surface area contributed by atoms with Crippen LogP contribution in [-0.2, 0) is 11.2 Å². The van der Waals surface area contributed by atoms with Crippen LogP contribution >= 0.6 is 0 Å². The number of carbonyl (C=O) groups is 2. The van der Waals surface area contributed by atoms with E-state index in [1.165, 1.54) is 14.2 Å². The van der Waals surface area contributed by atoms with Crippen molar-refractivity contribution in [3.63, 3.8) is 0 Å². The molecule has 2 aromatic rings. The highest BCUT2D eigenvalue weighted by atomic mass is 16.6. The number of nitrogens with one attached hydrogen (secondary N) is 1. The summed E-state index contributed by atoms with van der Waals surface area (Å²) in [5.74, 6) is -1.50. The fraction of sp³-hybridized carbons (Fsp3) is 0.222. The van der Waals surface area contributed by atoms with Gasteiger partial charge in [0, 0.05) is 12.5 Å². The summed E-state index contributed by atoms with van der Waals surface area (Å²) in [6, 6.07) is 9.54. The minimum absolute atomic E-state index is 0.0132. The van der Waals surface area contributed by atoms with E-state index in [4.69, 9.17) is 14.2 Å². The Bertz CT molecular complexity index is 869. The molecule has 0 spiro atoms. The maximum atomic E-state index is 12.2. The number of nitro benzene ring substituents is 1. The number of methoxy groups -OCH3 is 2. The second-order valence-corrected chi connectivity index (χ2v) is 5.55. The highest BCUT2D eigenvalue weighted by Crippen LogP contribution is 2.39. The van der Waals surface area contributed by atoms with Gasteiger partial charge in [-0.3, -0.25) is 10.1 Å². The number of rotatable bonds is 8. The molecule has 0 fully saturated rings. The molecule has 28 heavy (non-hydrogen) atoms. The molecule has 0 aliphatic rings. The van der Waals surface area contributed by atoms with Crippen LogP contribution in [0.5, 0.6) is 17.2 Å². The molecule has 2 aromatic carbocycles. The minimum atomic E-state index is -1.28. The van der Waals surface area contributed by atoms with E-state index < -0.39 is 34.5 Å². The third-order valence-corrected chi connectivity index (χ3v) is 3.74. The molecule has 0 radical (unpaired) electrons. The average molecular weight is 390 g/mol. The molecule has 0 aromatic heterocycles. The van der Waals surface area contributed by atoms with Crippen molar-refractivity contribution in [3.8, 4) is 17.2 Å². The summed E-state index contributed by atoms with van der Waals surface area (Å²) in [5, 5.41) is 22.8. The Morgan fingerprint density at radius 2 is 1.71 bits per heavy atom. The van der Waals surface area contributed by atoms with Gasteiger partial charge in [-0.15, -0.1) is 0 Å². The molecular formula is C18H18N2O8. The molecule has 1 atom stereocenters. The summed E-state index contributed by atoms with van der Waals surface area (Å²) >= 11 is 0. The Morgan fingerprint density at radius 3 is 2.25 bits per heavy atom. The molecule has 148 valence electrons. The lowest BCUT2D eigenvalue weighted by atomic mass is 10.1. The number of benzene rings is 2.